The van der Waals surface area contributed by atoms with E-state index >= 15 is 0 Å². The largest absolute Gasteiger partial charge is 0.360 e. The summed E-state index contributed by atoms with van der Waals surface area (Å²) in [5.74, 6) is 0.0707. The zero-order chi connectivity index (χ0) is 13.4. The summed E-state index contributed by atoms with van der Waals surface area (Å²) >= 11 is 4.89. The normalized spacial score (nSPS) is 11.1. The molecule has 2 aromatic heterocycles. The van der Waals surface area contributed by atoms with Crippen molar-refractivity contribution in [2.24, 2.45) is 0 Å². The summed E-state index contributed by atoms with van der Waals surface area (Å²) in [7, 11) is 0. The first-order valence-corrected chi connectivity index (χ1v) is 7.76. The summed E-state index contributed by atoms with van der Waals surface area (Å²) in [6.07, 6.45) is 2.77. The number of H-pyrrole nitrogens is 1. The van der Waals surface area contributed by atoms with Gasteiger partial charge in [-0.3, -0.25) is 4.79 Å². The molecule has 0 unspecified atom stereocenters. The number of carbonyl (C=O) groups is 1. The summed E-state index contributed by atoms with van der Waals surface area (Å²) in [6.45, 7) is 2.12. The number of aryl methyl sites for hydroxylation is 1. The number of aromatic nitrogens is 1. The van der Waals surface area contributed by atoms with Crippen LogP contribution in [0.1, 0.15) is 27.7 Å². The second-order valence-electron chi connectivity index (χ2n) is 4.32. The molecule has 0 atom stereocenters. The number of aromatic amines is 1. The summed E-state index contributed by atoms with van der Waals surface area (Å²) in [6, 6.07) is 8.01. The van der Waals surface area contributed by atoms with Gasteiger partial charge < -0.3 is 4.98 Å². The molecule has 0 bridgehead atoms. The fourth-order valence-corrected chi connectivity index (χ4v) is 3.78. The summed E-state index contributed by atoms with van der Waals surface area (Å²) < 4.78 is 0.864. The maximum atomic E-state index is 12.6. The topological polar surface area (TPSA) is 32.9 Å². The minimum absolute atomic E-state index is 0.0707. The van der Waals surface area contributed by atoms with Crippen molar-refractivity contribution in [1.82, 2.24) is 4.98 Å². The Hall–Kier alpha value is -1.39. The van der Waals surface area contributed by atoms with Crippen molar-refractivity contribution in [3.8, 4) is 0 Å². The van der Waals surface area contributed by atoms with Crippen molar-refractivity contribution in [3.05, 3.63) is 56.3 Å². The van der Waals surface area contributed by atoms with Crippen LogP contribution in [-0.4, -0.2) is 10.8 Å². The Morgan fingerprint density at radius 2 is 2.21 bits per heavy atom. The Morgan fingerprint density at radius 1 is 1.37 bits per heavy atom. The SMILES string of the molecule is CCc1cccc2c(C(=O)c3sccc3Br)c[nH]c12. The highest BCUT2D eigenvalue weighted by Gasteiger charge is 2.18. The molecule has 0 aliphatic heterocycles. The lowest BCUT2D eigenvalue weighted by molar-refractivity contribution is 0.104. The highest BCUT2D eigenvalue weighted by atomic mass is 79.9. The summed E-state index contributed by atoms with van der Waals surface area (Å²) in [5, 5.41) is 2.92. The number of hydrogen-bond donors (Lipinski definition) is 1. The van der Waals surface area contributed by atoms with E-state index in [2.05, 4.69) is 33.9 Å². The van der Waals surface area contributed by atoms with Gasteiger partial charge in [-0.05, 0) is 39.4 Å². The smallest absolute Gasteiger partial charge is 0.206 e. The predicted molar refractivity (Wildman–Crippen MR) is 83.1 cm³/mol. The number of para-hydroxylation sites is 1. The number of rotatable bonds is 3. The number of thiophene rings is 1. The third-order valence-electron chi connectivity index (χ3n) is 3.25. The first-order valence-electron chi connectivity index (χ1n) is 6.09. The Morgan fingerprint density at radius 3 is 2.89 bits per heavy atom. The van der Waals surface area contributed by atoms with Crippen molar-refractivity contribution in [1.29, 1.82) is 0 Å². The lowest BCUT2D eigenvalue weighted by atomic mass is 10.0. The van der Waals surface area contributed by atoms with Crippen molar-refractivity contribution < 1.29 is 4.79 Å². The molecule has 2 heterocycles. The fourth-order valence-electron chi connectivity index (χ4n) is 2.28. The molecule has 1 aromatic carbocycles. The molecule has 4 heteroatoms. The molecule has 1 N–H and O–H groups in total. The number of fused-ring (bicyclic) bond motifs is 1. The lowest BCUT2D eigenvalue weighted by Gasteiger charge is -2.00. The van der Waals surface area contributed by atoms with E-state index in [1.807, 2.05) is 29.8 Å². The molecule has 0 aliphatic rings. The van der Waals surface area contributed by atoms with E-state index in [0.717, 1.165) is 32.2 Å². The highest BCUT2D eigenvalue weighted by molar-refractivity contribution is 9.10. The molecule has 0 amide bonds. The fraction of sp³-hybridized carbons (Fsp3) is 0.133. The zero-order valence-corrected chi connectivity index (χ0v) is 12.8. The molecule has 0 aliphatic carbocycles. The molecule has 2 nitrogen and oxygen atoms in total. The van der Waals surface area contributed by atoms with Crippen LogP contribution >= 0.6 is 27.3 Å². The Bertz CT molecular complexity index is 756. The van der Waals surface area contributed by atoms with Gasteiger partial charge in [0.05, 0.1) is 4.88 Å². The van der Waals surface area contributed by atoms with Gasteiger partial charge >= 0.3 is 0 Å². The van der Waals surface area contributed by atoms with Crippen LogP contribution < -0.4 is 0 Å². The van der Waals surface area contributed by atoms with Gasteiger partial charge in [-0.25, -0.2) is 0 Å². The van der Waals surface area contributed by atoms with Crippen molar-refractivity contribution in [2.75, 3.05) is 0 Å². The van der Waals surface area contributed by atoms with Crippen LogP contribution in [0.25, 0.3) is 10.9 Å². The molecule has 0 fully saturated rings. The minimum atomic E-state index is 0.0707. The van der Waals surface area contributed by atoms with Gasteiger partial charge in [-0.1, -0.05) is 25.1 Å². The van der Waals surface area contributed by atoms with Gasteiger partial charge in [0, 0.05) is 27.1 Å². The van der Waals surface area contributed by atoms with Gasteiger partial charge in [0.1, 0.15) is 0 Å². The third kappa shape index (κ3) is 2.05. The maximum absolute atomic E-state index is 12.6. The van der Waals surface area contributed by atoms with E-state index in [-0.39, 0.29) is 5.78 Å². The van der Waals surface area contributed by atoms with Crippen LogP contribution in [0.2, 0.25) is 0 Å². The first-order chi connectivity index (χ1) is 9.22. The monoisotopic (exact) mass is 333 g/mol. The van der Waals surface area contributed by atoms with Crippen molar-refractivity contribution >= 4 is 44.0 Å². The molecule has 0 saturated carbocycles. The molecule has 0 radical (unpaired) electrons. The molecular formula is C15H12BrNOS. The molecule has 3 aromatic rings. The number of hydrogen-bond acceptors (Lipinski definition) is 2. The molecule has 0 spiro atoms. The van der Waals surface area contributed by atoms with E-state index in [0.29, 0.717) is 0 Å². The molecule has 19 heavy (non-hydrogen) atoms. The Labute approximate surface area is 123 Å². The maximum Gasteiger partial charge on any atom is 0.206 e. The van der Waals surface area contributed by atoms with Gasteiger partial charge in [0.15, 0.2) is 0 Å². The standard InChI is InChI=1S/C15H12BrNOS/c1-2-9-4-3-5-10-11(8-17-13(9)10)14(18)15-12(16)6-7-19-15/h3-8,17H,2H2,1H3. The average molecular weight is 334 g/mol. The van der Waals surface area contributed by atoms with Crippen LogP contribution in [-0.2, 0) is 6.42 Å². The lowest BCUT2D eigenvalue weighted by Crippen LogP contribution is -1.98. The van der Waals surface area contributed by atoms with Gasteiger partial charge in [0.2, 0.25) is 5.78 Å². The van der Waals surface area contributed by atoms with E-state index in [1.54, 1.807) is 0 Å². The second-order valence-corrected chi connectivity index (χ2v) is 6.09. The van der Waals surface area contributed by atoms with E-state index in [9.17, 15) is 4.79 Å². The zero-order valence-electron chi connectivity index (χ0n) is 10.4. The molecule has 3 rings (SSSR count). The Balaban J connectivity index is 2.17. The highest BCUT2D eigenvalue weighted by Crippen LogP contribution is 2.29. The van der Waals surface area contributed by atoms with Crippen molar-refractivity contribution in [2.45, 2.75) is 13.3 Å². The van der Waals surface area contributed by atoms with Crippen LogP contribution in [0.3, 0.4) is 0 Å². The predicted octanol–water partition coefficient (Wildman–Crippen LogP) is 4.79. The quantitative estimate of drug-likeness (QED) is 0.687. The third-order valence-corrected chi connectivity index (χ3v) is 5.09. The molecule has 0 saturated heterocycles. The van der Waals surface area contributed by atoms with Gasteiger partial charge in [0.25, 0.3) is 0 Å². The van der Waals surface area contributed by atoms with Crippen LogP contribution in [0.4, 0.5) is 0 Å². The van der Waals surface area contributed by atoms with Gasteiger partial charge in [-0.2, -0.15) is 0 Å². The van der Waals surface area contributed by atoms with Crippen LogP contribution in [0.15, 0.2) is 40.3 Å². The van der Waals surface area contributed by atoms with E-state index in [4.69, 9.17) is 0 Å². The van der Waals surface area contributed by atoms with Gasteiger partial charge in [-0.15, -0.1) is 11.3 Å². The molecule has 96 valence electrons. The summed E-state index contributed by atoms with van der Waals surface area (Å²) in [5.41, 5.74) is 3.05. The van der Waals surface area contributed by atoms with E-state index in [1.165, 1.54) is 16.9 Å². The number of carbonyl (C=O) groups excluding carboxylic acids is 1. The number of benzene rings is 1. The molecular weight excluding hydrogens is 322 g/mol. The first kappa shape index (κ1) is 12.6. The Kier molecular flexibility index (Phi) is 3.29. The van der Waals surface area contributed by atoms with E-state index < -0.39 is 0 Å². The number of nitrogens with one attached hydrogen (secondary N) is 1. The minimum Gasteiger partial charge on any atom is -0.360 e. The van der Waals surface area contributed by atoms with Crippen molar-refractivity contribution in [3.63, 3.8) is 0 Å². The number of halogens is 1. The number of ketones is 1. The second kappa shape index (κ2) is 4.94. The van der Waals surface area contributed by atoms with Crippen LogP contribution in [0.5, 0.6) is 0 Å². The van der Waals surface area contributed by atoms with Crippen LogP contribution in [0, 0.1) is 0 Å². The summed E-state index contributed by atoms with van der Waals surface area (Å²) in [4.78, 5) is 16.6. The average Bonchev–Trinajstić information content (AvgIpc) is 3.03.